The molecule has 0 heterocycles. The Labute approximate surface area is 123 Å². The molecule has 1 N–H and O–H groups in total. The van der Waals surface area contributed by atoms with Gasteiger partial charge in [-0.25, -0.2) is 0 Å². The number of hydrogen-bond donors (Lipinski definition) is 1. The summed E-state index contributed by atoms with van der Waals surface area (Å²) in [5, 5.41) is 9.98. The number of ether oxygens (including phenoxy) is 2. The molecule has 0 aromatic heterocycles. The predicted octanol–water partition coefficient (Wildman–Crippen LogP) is 4.33. The lowest BCUT2D eigenvalue weighted by atomic mass is 10.1. The van der Waals surface area contributed by atoms with Crippen LogP contribution in [0.4, 0.5) is 0 Å². The normalized spacial score (nSPS) is 12.2. The van der Waals surface area contributed by atoms with E-state index in [-0.39, 0.29) is 0 Å². The summed E-state index contributed by atoms with van der Waals surface area (Å²) < 4.78 is 10.9. The van der Waals surface area contributed by atoms with Gasteiger partial charge in [-0.2, -0.15) is 0 Å². The lowest BCUT2D eigenvalue weighted by Gasteiger charge is -2.11. The second-order valence-corrected chi connectivity index (χ2v) is 4.96. The largest absolute Gasteiger partial charge is 0.456 e. The van der Waals surface area contributed by atoms with Crippen LogP contribution in [0.25, 0.3) is 0 Å². The van der Waals surface area contributed by atoms with Crippen molar-refractivity contribution in [2.45, 2.75) is 19.6 Å². The molecule has 0 spiro atoms. The number of halogens is 1. The van der Waals surface area contributed by atoms with E-state index < -0.39 is 6.10 Å². The first kappa shape index (κ1) is 14.9. The van der Waals surface area contributed by atoms with Crippen molar-refractivity contribution >= 4 is 11.6 Å². The number of hydrogen-bond acceptors (Lipinski definition) is 3. The molecule has 0 aliphatic rings. The van der Waals surface area contributed by atoms with Crippen LogP contribution in [0.1, 0.15) is 24.2 Å². The number of rotatable bonds is 5. The lowest BCUT2D eigenvalue weighted by molar-refractivity contribution is 0.184. The molecule has 1 atom stereocenters. The quantitative estimate of drug-likeness (QED) is 0.891. The maximum atomic E-state index is 9.51. The zero-order chi connectivity index (χ0) is 14.5. The van der Waals surface area contributed by atoms with Crippen molar-refractivity contribution in [1.82, 2.24) is 0 Å². The summed E-state index contributed by atoms with van der Waals surface area (Å²) in [6.45, 7) is 2.23. The van der Waals surface area contributed by atoms with E-state index in [0.29, 0.717) is 23.1 Å². The second-order valence-electron chi connectivity index (χ2n) is 4.55. The lowest BCUT2D eigenvalue weighted by Crippen LogP contribution is -1.93. The van der Waals surface area contributed by atoms with Gasteiger partial charge in [0.2, 0.25) is 0 Å². The third-order valence-electron chi connectivity index (χ3n) is 2.88. The van der Waals surface area contributed by atoms with Gasteiger partial charge in [0.25, 0.3) is 0 Å². The van der Waals surface area contributed by atoms with Crippen molar-refractivity contribution in [3.8, 4) is 11.5 Å². The van der Waals surface area contributed by atoms with Crippen LogP contribution < -0.4 is 4.74 Å². The van der Waals surface area contributed by atoms with Crippen LogP contribution >= 0.6 is 11.6 Å². The standard InChI is InChI=1S/C16H17ClO3/c1-11(18)13-6-7-16(15(17)9-13)20-14-5-3-4-12(8-14)10-19-2/h3-9,11,18H,10H2,1-2H3. The Bertz CT molecular complexity index is 582. The molecule has 20 heavy (non-hydrogen) atoms. The van der Waals surface area contributed by atoms with E-state index in [1.54, 1.807) is 32.2 Å². The fourth-order valence-corrected chi connectivity index (χ4v) is 2.08. The fraction of sp³-hybridized carbons (Fsp3) is 0.250. The van der Waals surface area contributed by atoms with Gasteiger partial charge in [0.05, 0.1) is 17.7 Å². The summed E-state index contributed by atoms with van der Waals surface area (Å²) in [5.74, 6) is 1.26. The highest BCUT2D eigenvalue weighted by Crippen LogP contribution is 2.32. The van der Waals surface area contributed by atoms with Crippen LogP contribution in [0.3, 0.4) is 0 Å². The smallest absolute Gasteiger partial charge is 0.146 e. The number of methoxy groups -OCH3 is 1. The van der Waals surface area contributed by atoms with Gasteiger partial charge in [-0.1, -0.05) is 29.8 Å². The third kappa shape index (κ3) is 3.73. The topological polar surface area (TPSA) is 38.7 Å². The molecule has 0 radical (unpaired) electrons. The van der Waals surface area contributed by atoms with Gasteiger partial charge in [0, 0.05) is 7.11 Å². The summed E-state index contributed by atoms with van der Waals surface area (Å²) in [4.78, 5) is 0. The molecule has 4 heteroatoms. The summed E-state index contributed by atoms with van der Waals surface area (Å²) in [7, 11) is 1.65. The first-order chi connectivity index (χ1) is 9.60. The SMILES string of the molecule is COCc1cccc(Oc2ccc(C(C)O)cc2Cl)c1. The van der Waals surface area contributed by atoms with Crippen LogP contribution in [0.15, 0.2) is 42.5 Å². The average molecular weight is 293 g/mol. The predicted molar refractivity (Wildman–Crippen MR) is 79.3 cm³/mol. The number of benzene rings is 2. The van der Waals surface area contributed by atoms with E-state index in [1.807, 2.05) is 24.3 Å². The minimum Gasteiger partial charge on any atom is -0.456 e. The highest BCUT2D eigenvalue weighted by atomic mass is 35.5. The van der Waals surface area contributed by atoms with Crippen LogP contribution in [0.5, 0.6) is 11.5 Å². The third-order valence-corrected chi connectivity index (χ3v) is 3.17. The van der Waals surface area contributed by atoms with E-state index >= 15 is 0 Å². The maximum absolute atomic E-state index is 9.51. The van der Waals surface area contributed by atoms with Gasteiger partial charge in [0.1, 0.15) is 11.5 Å². The summed E-state index contributed by atoms with van der Waals surface area (Å²) in [6, 6.07) is 12.9. The molecule has 0 amide bonds. The number of aliphatic hydroxyl groups is 1. The van der Waals surface area contributed by atoms with E-state index in [9.17, 15) is 5.11 Å². The highest BCUT2D eigenvalue weighted by molar-refractivity contribution is 6.32. The van der Waals surface area contributed by atoms with Crippen LogP contribution in [0, 0.1) is 0 Å². The van der Waals surface area contributed by atoms with Crippen molar-refractivity contribution < 1.29 is 14.6 Å². The molecule has 2 rings (SSSR count). The molecule has 1 unspecified atom stereocenters. The van der Waals surface area contributed by atoms with Crippen LogP contribution in [0.2, 0.25) is 5.02 Å². The first-order valence-corrected chi connectivity index (χ1v) is 6.71. The Morgan fingerprint density at radius 2 is 2.00 bits per heavy atom. The minimum atomic E-state index is -0.549. The Hall–Kier alpha value is -1.55. The van der Waals surface area contributed by atoms with Gasteiger partial charge in [-0.15, -0.1) is 0 Å². The van der Waals surface area contributed by atoms with Crippen molar-refractivity contribution in [1.29, 1.82) is 0 Å². The molecule has 0 saturated heterocycles. The molecule has 3 nitrogen and oxygen atoms in total. The van der Waals surface area contributed by atoms with Gasteiger partial charge in [0.15, 0.2) is 0 Å². The van der Waals surface area contributed by atoms with Gasteiger partial charge >= 0.3 is 0 Å². The molecule has 0 saturated carbocycles. The molecule has 0 fully saturated rings. The summed E-state index contributed by atoms with van der Waals surface area (Å²) in [6.07, 6.45) is -0.549. The Balaban J connectivity index is 2.19. The van der Waals surface area contributed by atoms with E-state index in [1.165, 1.54) is 0 Å². The Morgan fingerprint density at radius 1 is 1.20 bits per heavy atom. The molecule has 2 aromatic rings. The molecule has 2 aromatic carbocycles. The molecule has 106 valence electrons. The summed E-state index contributed by atoms with van der Waals surface area (Å²) >= 11 is 6.16. The average Bonchev–Trinajstić information content (AvgIpc) is 2.42. The monoisotopic (exact) mass is 292 g/mol. The van der Waals surface area contributed by atoms with Crippen molar-refractivity contribution in [3.63, 3.8) is 0 Å². The zero-order valence-electron chi connectivity index (χ0n) is 11.5. The van der Waals surface area contributed by atoms with Crippen LogP contribution in [-0.4, -0.2) is 12.2 Å². The maximum Gasteiger partial charge on any atom is 0.146 e. The first-order valence-electron chi connectivity index (χ1n) is 6.33. The van der Waals surface area contributed by atoms with Crippen molar-refractivity contribution in [2.24, 2.45) is 0 Å². The van der Waals surface area contributed by atoms with Crippen molar-refractivity contribution in [3.05, 3.63) is 58.6 Å². The zero-order valence-corrected chi connectivity index (χ0v) is 12.2. The van der Waals surface area contributed by atoms with E-state index in [0.717, 1.165) is 11.1 Å². The summed E-state index contributed by atoms with van der Waals surface area (Å²) in [5.41, 5.74) is 1.79. The van der Waals surface area contributed by atoms with Crippen molar-refractivity contribution in [2.75, 3.05) is 7.11 Å². The molecule has 0 aliphatic carbocycles. The Kier molecular flexibility index (Phi) is 5.01. The molecule has 0 aliphatic heterocycles. The van der Waals surface area contributed by atoms with Crippen LogP contribution in [-0.2, 0) is 11.3 Å². The van der Waals surface area contributed by atoms with Gasteiger partial charge in [-0.3, -0.25) is 0 Å². The highest BCUT2D eigenvalue weighted by Gasteiger charge is 2.08. The van der Waals surface area contributed by atoms with E-state index in [2.05, 4.69) is 0 Å². The minimum absolute atomic E-state index is 0.473. The van der Waals surface area contributed by atoms with Gasteiger partial charge in [-0.05, 0) is 42.3 Å². The molecule has 0 bridgehead atoms. The van der Waals surface area contributed by atoms with Gasteiger partial charge < -0.3 is 14.6 Å². The second kappa shape index (κ2) is 6.75. The van der Waals surface area contributed by atoms with E-state index in [4.69, 9.17) is 21.1 Å². The fourth-order valence-electron chi connectivity index (χ4n) is 1.85. The number of aliphatic hydroxyl groups excluding tert-OH is 1. The molecular weight excluding hydrogens is 276 g/mol. The Morgan fingerprint density at radius 3 is 2.65 bits per heavy atom. The molecular formula is C16H17ClO3.